The van der Waals surface area contributed by atoms with Gasteiger partial charge < -0.3 is 15.0 Å². The van der Waals surface area contributed by atoms with E-state index in [2.05, 4.69) is 25.2 Å². The van der Waals surface area contributed by atoms with Crippen molar-refractivity contribution in [1.29, 1.82) is 0 Å². The fourth-order valence-corrected chi connectivity index (χ4v) is 4.88. The quantitative estimate of drug-likeness (QED) is 0.596. The van der Waals surface area contributed by atoms with Crippen LogP contribution in [-0.2, 0) is 6.42 Å². The smallest absolute Gasteiger partial charge is 0.254 e. The van der Waals surface area contributed by atoms with Gasteiger partial charge in [0.05, 0.1) is 13.0 Å². The van der Waals surface area contributed by atoms with Gasteiger partial charge in [-0.2, -0.15) is 0 Å². The summed E-state index contributed by atoms with van der Waals surface area (Å²) in [7, 11) is 1.64. The van der Waals surface area contributed by atoms with E-state index >= 15 is 0 Å². The molecular weight excluding hydrogens is 396 g/mol. The molecule has 1 N–H and O–H groups in total. The molecule has 2 aromatic carbocycles. The summed E-state index contributed by atoms with van der Waals surface area (Å²) in [6.07, 6.45) is 2.49. The number of benzene rings is 2. The van der Waals surface area contributed by atoms with E-state index in [1.54, 1.807) is 49.2 Å². The van der Waals surface area contributed by atoms with E-state index in [0.717, 1.165) is 35.7 Å². The van der Waals surface area contributed by atoms with E-state index in [1.807, 2.05) is 17.0 Å². The van der Waals surface area contributed by atoms with Gasteiger partial charge in [0.15, 0.2) is 5.78 Å². The molecule has 4 rings (SSSR count). The zero-order valence-corrected chi connectivity index (χ0v) is 18.3. The summed E-state index contributed by atoms with van der Waals surface area (Å²) >= 11 is 1.75. The van der Waals surface area contributed by atoms with E-state index in [-0.39, 0.29) is 17.2 Å². The Kier molecular flexibility index (Phi) is 5.60. The highest BCUT2D eigenvalue weighted by molar-refractivity contribution is 7.99. The molecule has 1 saturated heterocycles. The minimum absolute atomic E-state index is 0.0192. The fraction of sp³-hybridized carbons (Fsp3) is 0.333. The van der Waals surface area contributed by atoms with E-state index in [9.17, 15) is 9.59 Å². The Morgan fingerprint density at radius 2 is 1.97 bits per heavy atom. The highest BCUT2D eigenvalue weighted by atomic mass is 32.2. The lowest BCUT2D eigenvalue weighted by Gasteiger charge is -2.35. The first-order chi connectivity index (χ1) is 14.4. The van der Waals surface area contributed by atoms with Crippen molar-refractivity contribution in [2.45, 2.75) is 25.8 Å². The van der Waals surface area contributed by atoms with Gasteiger partial charge in [-0.25, -0.2) is 0 Å². The lowest BCUT2D eigenvalue weighted by Crippen LogP contribution is -2.43. The highest BCUT2D eigenvalue weighted by Crippen LogP contribution is 2.32. The molecule has 2 aromatic rings. The fourth-order valence-electron chi connectivity index (χ4n) is 3.93. The number of hydrogen-bond donors (Lipinski definition) is 1. The van der Waals surface area contributed by atoms with Crippen LogP contribution in [0.25, 0.3) is 5.70 Å². The lowest BCUT2D eigenvalue weighted by atomic mass is 9.85. The third-order valence-electron chi connectivity index (χ3n) is 5.42. The van der Waals surface area contributed by atoms with Gasteiger partial charge in [0.2, 0.25) is 0 Å². The molecule has 0 unspecified atom stereocenters. The summed E-state index contributed by atoms with van der Waals surface area (Å²) in [5.74, 6) is 2.27. The number of amides is 1. The van der Waals surface area contributed by atoms with Gasteiger partial charge in [0, 0.05) is 46.3 Å². The summed E-state index contributed by atoms with van der Waals surface area (Å²) in [5, 5.41) is 3.49. The number of carbonyl (C=O) groups excluding carboxylic acids is 2. The van der Waals surface area contributed by atoms with Crippen molar-refractivity contribution in [1.82, 2.24) is 10.2 Å². The number of hydrogen-bond acceptors (Lipinski definition) is 5. The molecule has 0 saturated carbocycles. The first-order valence-electron chi connectivity index (χ1n) is 10.0. The van der Waals surface area contributed by atoms with E-state index < -0.39 is 0 Å². The predicted octanol–water partition coefficient (Wildman–Crippen LogP) is 3.99. The number of nitrogens with zero attached hydrogens (tertiary/aromatic N) is 1. The average molecular weight is 423 g/mol. The van der Waals surface area contributed by atoms with Crippen molar-refractivity contribution in [3.8, 4) is 5.75 Å². The SMILES string of the molecule is COc1ccc2c(c1)C(=CC(=O)c1cccc(C(=O)N3CCSC3)c1)NC(C)(C)C2. The molecule has 1 fully saturated rings. The molecule has 6 heteroatoms. The number of nitrogens with one attached hydrogen (secondary N) is 1. The molecule has 1 amide bonds. The third-order valence-corrected chi connectivity index (χ3v) is 6.39. The second-order valence-corrected chi connectivity index (χ2v) is 9.39. The van der Waals surface area contributed by atoms with Gasteiger partial charge in [0.25, 0.3) is 5.91 Å². The van der Waals surface area contributed by atoms with Crippen LogP contribution >= 0.6 is 11.8 Å². The maximum Gasteiger partial charge on any atom is 0.254 e. The maximum atomic E-state index is 13.1. The minimum atomic E-state index is -0.168. The Morgan fingerprint density at radius 3 is 2.70 bits per heavy atom. The maximum absolute atomic E-state index is 13.1. The molecule has 0 bridgehead atoms. The van der Waals surface area contributed by atoms with Gasteiger partial charge in [-0.1, -0.05) is 18.2 Å². The van der Waals surface area contributed by atoms with E-state index in [1.165, 1.54) is 5.56 Å². The molecule has 156 valence electrons. The van der Waals surface area contributed by atoms with E-state index in [4.69, 9.17) is 4.74 Å². The third kappa shape index (κ3) is 4.24. The molecule has 2 heterocycles. The number of ether oxygens (including phenoxy) is 1. The van der Waals surface area contributed by atoms with Gasteiger partial charge in [0.1, 0.15) is 5.75 Å². The summed E-state index contributed by atoms with van der Waals surface area (Å²) in [6, 6.07) is 13.0. The molecule has 0 aliphatic carbocycles. The van der Waals surface area contributed by atoms with Crippen LogP contribution in [0.15, 0.2) is 48.5 Å². The summed E-state index contributed by atoms with van der Waals surface area (Å²) in [6.45, 7) is 4.99. The number of rotatable bonds is 4. The largest absolute Gasteiger partial charge is 0.497 e. The Bertz CT molecular complexity index is 1020. The van der Waals surface area contributed by atoms with Gasteiger partial charge in [-0.3, -0.25) is 9.59 Å². The number of ketones is 1. The Morgan fingerprint density at radius 1 is 1.17 bits per heavy atom. The van der Waals surface area contributed by atoms with Crippen molar-refractivity contribution >= 4 is 29.1 Å². The molecule has 0 radical (unpaired) electrons. The molecule has 2 aliphatic heterocycles. The summed E-state index contributed by atoms with van der Waals surface area (Å²) < 4.78 is 5.38. The van der Waals surface area contributed by atoms with Crippen LogP contribution < -0.4 is 10.1 Å². The monoisotopic (exact) mass is 422 g/mol. The van der Waals surface area contributed by atoms with Crippen LogP contribution in [0.2, 0.25) is 0 Å². The zero-order valence-electron chi connectivity index (χ0n) is 17.5. The van der Waals surface area contributed by atoms with Gasteiger partial charge >= 0.3 is 0 Å². The first kappa shape index (κ1) is 20.5. The Balaban J connectivity index is 1.66. The standard InChI is InChI=1S/C24H26N2O3S/c1-24(2)14-18-7-8-19(29-3)12-20(18)21(25-24)13-22(27)16-5-4-6-17(11-16)23(28)26-9-10-30-15-26/h4-8,11-13,25H,9-10,14-15H2,1-3H3. The Labute approximate surface area is 181 Å². The van der Waals surface area contributed by atoms with Crippen LogP contribution in [0.3, 0.4) is 0 Å². The minimum Gasteiger partial charge on any atom is -0.497 e. The Hall–Kier alpha value is -2.73. The molecule has 30 heavy (non-hydrogen) atoms. The van der Waals surface area contributed by atoms with Crippen LogP contribution in [0.5, 0.6) is 5.75 Å². The van der Waals surface area contributed by atoms with Crippen molar-refractivity contribution in [3.05, 3.63) is 70.8 Å². The topological polar surface area (TPSA) is 58.6 Å². The van der Waals surface area contributed by atoms with E-state index in [0.29, 0.717) is 17.0 Å². The van der Waals surface area contributed by atoms with Crippen LogP contribution in [-0.4, -0.2) is 47.4 Å². The molecule has 0 spiro atoms. The van der Waals surface area contributed by atoms with Crippen molar-refractivity contribution in [2.24, 2.45) is 0 Å². The molecule has 5 nitrogen and oxygen atoms in total. The summed E-state index contributed by atoms with van der Waals surface area (Å²) in [4.78, 5) is 27.6. The second kappa shape index (κ2) is 8.19. The number of fused-ring (bicyclic) bond motifs is 1. The lowest BCUT2D eigenvalue weighted by molar-refractivity contribution is 0.0802. The molecular formula is C24H26N2O3S. The van der Waals surface area contributed by atoms with Crippen molar-refractivity contribution in [3.63, 3.8) is 0 Å². The highest BCUT2D eigenvalue weighted by Gasteiger charge is 2.28. The molecule has 2 aliphatic rings. The van der Waals surface area contributed by atoms with Crippen LogP contribution in [0.1, 0.15) is 45.7 Å². The molecule has 0 atom stereocenters. The van der Waals surface area contributed by atoms with Gasteiger partial charge in [-0.05, 0) is 50.1 Å². The number of methoxy groups -OCH3 is 1. The first-order valence-corrected chi connectivity index (χ1v) is 11.2. The van der Waals surface area contributed by atoms with Crippen LogP contribution in [0.4, 0.5) is 0 Å². The molecule has 0 aromatic heterocycles. The number of carbonyl (C=O) groups is 2. The van der Waals surface area contributed by atoms with Gasteiger partial charge in [-0.15, -0.1) is 11.8 Å². The zero-order chi connectivity index (χ0) is 21.3. The predicted molar refractivity (Wildman–Crippen MR) is 121 cm³/mol. The average Bonchev–Trinajstić information content (AvgIpc) is 3.27. The number of allylic oxidation sites excluding steroid dienone is 1. The van der Waals surface area contributed by atoms with Crippen molar-refractivity contribution < 1.29 is 14.3 Å². The summed E-state index contributed by atoms with van der Waals surface area (Å²) in [5.41, 5.74) is 3.82. The van der Waals surface area contributed by atoms with Crippen molar-refractivity contribution in [2.75, 3.05) is 25.3 Å². The second-order valence-electron chi connectivity index (χ2n) is 8.32. The normalized spacial score (nSPS) is 18.6. The number of thioether (sulfide) groups is 1. The van der Waals surface area contributed by atoms with Crippen LogP contribution in [0, 0.1) is 0 Å².